The molecule has 0 saturated heterocycles. The Morgan fingerprint density at radius 1 is 1.00 bits per heavy atom. The van der Waals surface area contributed by atoms with Gasteiger partial charge in [-0.05, 0) is 0 Å². The van der Waals surface area contributed by atoms with Crippen molar-refractivity contribution in [2.45, 2.75) is 0 Å². The predicted molar refractivity (Wildman–Crippen MR) is 9.94 cm³/mol. The van der Waals surface area contributed by atoms with Crippen LogP contribution in [-0.2, 0) is 55.2 Å². The van der Waals surface area contributed by atoms with Crippen LogP contribution in [-0.4, -0.2) is 8.41 Å². The minimum atomic E-state index is 0. The summed E-state index contributed by atoms with van der Waals surface area (Å²) in [6, 6.07) is 0. The molecule has 0 aromatic rings. The van der Waals surface area contributed by atoms with Gasteiger partial charge in [0.25, 0.3) is 0 Å². The predicted octanol–water partition coefficient (Wildman–Crippen LogP) is -1.19. The Balaban J connectivity index is 0. The molecule has 0 aromatic carbocycles. The third-order valence-corrected chi connectivity index (χ3v) is 0. The van der Waals surface area contributed by atoms with Crippen molar-refractivity contribution >= 4 is 8.41 Å². The van der Waals surface area contributed by atoms with Crippen molar-refractivity contribution in [3.05, 3.63) is 0 Å². The molecule has 0 atom stereocenters. The molecular weight excluding hydrogens is 226 g/mol. The second-order valence-corrected chi connectivity index (χ2v) is 0. The molecule has 0 aliphatic rings. The summed E-state index contributed by atoms with van der Waals surface area (Å²) in [5.74, 6) is 0. The molecule has 0 spiro atoms. The molecular formula is H3BCuFeMo. The van der Waals surface area contributed by atoms with Gasteiger partial charge in [0.2, 0.25) is 0 Å². The molecule has 0 amide bonds. The molecule has 1 radical (unpaired) electrons. The van der Waals surface area contributed by atoms with E-state index in [0.29, 0.717) is 0 Å². The molecule has 4 heteroatoms. The molecule has 0 rings (SSSR count). The van der Waals surface area contributed by atoms with E-state index in [2.05, 4.69) is 0 Å². The van der Waals surface area contributed by atoms with Gasteiger partial charge in [0.05, 0.1) is 8.41 Å². The van der Waals surface area contributed by atoms with Gasteiger partial charge in [-0.25, -0.2) is 0 Å². The fourth-order valence-electron chi connectivity index (χ4n) is 0. The largest absolute Gasteiger partial charge is 0.0814 e. The first-order valence-electron chi connectivity index (χ1n) is 0. The smallest absolute Gasteiger partial charge is 0 e. The van der Waals surface area contributed by atoms with Gasteiger partial charge in [-0.1, -0.05) is 0 Å². The van der Waals surface area contributed by atoms with E-state index in [9.17, 15) is 0 Å². The average Bonchev–Trinajstić information content (AvgIpc) is 0. The van der Waals surface area contributed by atoms with E-state index in [-0.39, 0.29) is 63.6 Å². The normalized spacial score (nSPS) is 0. The quantitative estimate of drug-likeness (QED) is 0.458. The van der Waals surface area contributed by atoms with Crippen LogP contribution in [0.15, 0.2) is 0 Å². The first kappa shape index (κ1) is 41.4. The van der Waals surface area contributed by atoms with E-state index in [1.165, 1.54) is 0 Å². The molecule has 0 heterocycles. The maximum atomic E-state index is 0. The first-order chi connectivity index (χ1) is 0. The van der Waals surface area contributed by atoms with Crippen LogP contribution in [0.4, 0.5) is 0 Å². The van der Waals surface area contributed by atoms with Gasteiger partial charge >= 0.3 is 0 Å². The Morgan fingerprint density at radius 2 is 1.00 bits per heavy atom. The Kier molecular flexibility index (Phi) is 222. The van der Waals surface area contributed by atoms with Crippen molar-refractivity contribution in [3.63, 3.8) is 0 Å². The Labute approximate surface area is 63.3 Å². The van der Waals surface area contributed by atoms with Gasteiger partial charge in [0, 0.05) is 55.2 Å². The topological polar surface area (TPSA) is 0 Å². The maximum Gasteiger partial charge on any atom is 0.0814 e. The van der Waals surface area contributed by atoms with E-state index in [4.69, 9.17) is 0 Å². The maximum absolute atomic E-state index is 0. The molecule has 0 N–H and O–H groups in total. The second-order valence-electron chi connectivity index (χ2n) is 0. The van der Waals surface area contributed by atoms with Crippen molar-refractivity contribution in [3.8, 4) is 0 Å². The van der Waals surface area contributed by atoms with Crippen LogP contribution in [0.2, 0.25) is 0 Å². The minimum Gasteiger partial charge on any atom is 0 e. The standard InChI is InChI=1S/BH3.Cu.Fe.Mo/h1H3;;;. The minimum absolute atomic E-state index is 0. The average molecular weight is 229 g/mol. The third kappa shape index (κ3) is 9.20. The van der Waals surface area contributed by atoms with Crippen molar-refractivity contribution in [2.24, 2.45) is 0 Å². The summed E-state index contributed by atoms with van der Waals surface area (Å²) in [6.07, 6.45) is 0. The molecule has 0 bridgehead atoms. The zero-order chi connectivity index (χ0) is 0. The van der Waals surface area contributed by atoms with Crippen LogP contribution in [0.5, 0.6) is 0 Å². The van der Waals surface area contributed by atoms with E-state index in [1.807, 2.05) is 0 Å². The molecule has 0 aromatic heterocycles. The summed E-state index contributed by atoms with van der Waals surface area (Å²) >= 11 is 0. The van der Waals surface area contributed by atoms with E-state index in [0.717, 1.165) is 0 Å². The number of hydrogen-bond donors (Lipinski definition) is 0. The van der Waals surface area contributed by atoms with Crippen LogP contribution < -0.4 is 0 Å². The first-order valence-corrected chi connectivity index (χ1v) is 0. The van der Waals surface area contributed by atoms with E-state index >= 15 is 0 Å². The number of hydrogen-bond acceptors (Lipinski definition) is 0. The fourth-order valence-corrected chi connectivity index (χ4v) is 0. The van der Waals surface area contributed by atoms with Crippen molar-refractivity contribution in [1.82, 2.24) is 0 Å². The van der Waals surface area contributed by atoms with Gasteiger partial charge in [-0.3, -0.25) is 0 Å². The SMILES string of the molecule is B.[Cu].[Fe].[Mo]. The second kappa shape index (κ2) is 21.5. The van der Waals surface area contributed by atoms with Crippen LogP contribution in [0.3, 0.4) is 0 Å². The summed E-state index contributed by atoms with van der Waals surface area (Å²) < 4.78 is 0. The zero-order valence-corrected chi connectivity index (χ0v) is 5.12. The zero-order valence-electron chi connectivity index (χ0n) is 1.06. The van der Waals surface area contributed by atoms with Crippen molar-refractivity contribution in [1.29, 1.82) is 0 Å². The van der Waals surface area contributed by atoms with Crippen LogP contribution in [0, 0.1) is 0 Å². The monoisotopic (exact) mass is 231 g/mol. The summed E-state index contributed by atoms with van der Waals surface area (Å²) in [7, 11) is 0. The summed E-state index contributed by atoms with van der Waals surface area (Å²) in [4.78, 5) is 0. The molecule has 0 saturated carbocycles. The Morgan fingerprint density at radius 3 is 1.00 bits per heavy atom. The van der Waals surface area contributed by atoms with Gasteiger partial charge in [0.1, 0.15) is 0 Å². The molecule has 0 fully saturated rings. The summed E-state index contributed by atoms with van der Waals surface area (Å²) in [5.41, 5.74) is 0. The Bertz CT molecular complexity index is 8.00. The number of rotatable bonds is 0. The summed E-state index contributed by atoms with van der Waals surface area (Å²) in [5, 5.41) is 0. The third-order valence-electron chi connectivity index (χ3n) is 0. The van der Waals surface area contributed by atoms with E-state index in [1.54, 1.807) is 0 Å². The fraction of sp³-hybridized carbons (Fsp3) is 0. The molecule has 31 valence electrons. The summed E-state index contributed by atoms with van der Waals surface area (Å²) in [6.45, 7) is 0. The van der Waals surface area contributed by atoms with Gasteiger partial charge in [-0.2, -0.15) is 0 Å². The molecule has 0 unspecified atom stereocenters. The Hall–Kier alpha value is 1.79. The van der Waals surface area contributed by atoms with Gasteiger partial charge in [0.15, 0.2) is 0 Å². The van der Waals surface area contributed by atoms with Crippen LogP contribution in [0.1, 0.15) is 0 Å². The van der Waals surface area contributed by atoms with Crippen LogP contribution in [0.25, 0.3) is 0 Å². The van der Waals surface area contributed by atoms with Gasteiger partial charge < -0.3 is 0 Å². The van der Waals surface area contributed by atoms with Crippen LogP contribution >= 0.6 is 0 Å². The van der Waals surface area contributed by atoms with E-state index < -0.39 is 0 Å². The molecule has 0 aliphatic carbocycles. The molecule has 0 nitrogen and oxygen atoms in total. The molecule has 4 heavy (non-hydrogen) atoms. The molecule has 0 aliphatic heterocycles. The van der Waals surface area contributed by atoms with Crippen molar-refractivity contribution < 1.29 is 55.2 Å². The van der Waals surface area contributed by atoms with Crippen molar-refractivity contribution in [2.75, 3.05) is 0 Å². The van der Waals surface area contributed by atoms with Gasteiger partial charge in [-0.15, -0.1) is 0 Å².